The molecule has 1 fully saturated rings. The average Bonchev–Trinajstić information content (AvgIpc) is 2.33. The van der Waals surface area contributed by atoms with E-state index in [9.17, 15) is 9.90 Å². The van der Waals surface area contributed by atoms with E-state index in [0.29, 0.717) is 12.0 Å². The van der Waals surface area contributed by atoms with E-state index in [1.54, 1.807) is 0 Å². The van der Waals surface area contributed by atoms with Crippen molar-refractivity contribution in [1.82, 2.24) is 9.97 Å². The predicted molar refractivity (Wildman–Crippen MR) is 70.5 cm³/mol. The molecule has 1 aliphatic carbocycles. The maximum atomic E-state index is 11.4. The van der Waals surface area contributed by atoms with Crippen LogP contribution in [0.1, 0.15) is 39.5 Å². The number of anilines is 1. The molecule has 0 bridgehead atoms. The van der Waals surface area contributed by atoms with Gasteiger partial charge in [0.05, 0.1) is 5.60 Å². The molecule has 0 atom stereocenters. The number of rotatable bonds is 3. The highest BCUT2D eigenvalue weighted by Crippen LogP contribution is 2.39. The Kier molecular flexibility index (Phi) is 3.43. The zero-order chi connectivity index (χ0) is 13.2. The first-order valence-electron chi connectivity index (χ1n) is 6.40. The van der Waals surface area contributed by atoms with Crippen LogP contribution in [-0.2, 0) is 0 Å². The minimum absolute atomic E-state index is 0.253. The average molecular weight is 251 g/mol. The van der Waals surface area contributed by atoms with Gasteiger partial charge < -0.3 is 15.4 Å². The quantitative estimate of drug-likeness (QED) is 0.761. The highest BCUT2D eigenvalue weighted by molar-refractivity contribution is 5.30. The second-order valence-electron chi connectivity index (χ2n) is 6.01. The van der Waals surface area contributed by atoms with Gasteiger partial charge in [0.15, 0.2) is 5.82 Å². The van der Waals surface area contributed by atoms with Gasteiger partial charge in [0, 0.05) is 18.9 Å². The summed E-state index contributed by atoms with van der Waals surface area (Å²) in [5.41, 5.74) is -0.661. The Labute approximate surface area is 107 Å². The predicted octanol–water partition coefficient (Wildman–Crippen LogP) is 1.51. The second-order valence-corrected chi connectivity index (χ2v) is 6.01. The van der Waals surface area contributed by atoms with Gasteiger partial charge in [0.25, 0.3) is 5.56 Å². The summed E-state index contributed by atoms with van der Waals surface area (Å²) in [6.07, 6.45) is 6.55. The highest BCUT2D eigenvalue weighted by atomic mass is 16.3. The van der Waals surface area contributed by atoms with Crippen LogP contribution in [0.4, 0.5) is 5.82 Å². The minimum Gasteiger partial charge on any atom is -0.388 e. The van der Waals surface area contributed by atoms with Crippen molar-refractivity contribution in [3.05, 3.63) is 22.7 Å². The van der Waals surface area contributed by atoms with Gasteiger partial charge in [-0.15, -0.1) is 0 Å². The van der Waals surface area contributed by atoms with E-state index in [1.807, 2.05) is 0 Å². The van der Waals surface area contributed by atoms with Gasteiger partial charge in [0.1, 0.15) is 0 Å². The Balaban J connectivity index is 1.95. The summed E-state index contributed by atoms with van der Waals surface area (Å²) in [7, 11) is 0. The topological polar surface area (TPSA) is 78.0 Å². The van der Waals surface area contributed by atoms with Crippen LogP contribution in [0.3, 0.4) is 0 Å². The lowest BCUT2D eigenvalue weighted by Crippen LogP contribution is -2.43. The van der Waals surface area contributed by atoms with Gasteiger partial charge in [-0.3, -0.25) is 4.79 Å². The Hall–Kier alpha value is -1.36. The third-order valence-electron chi connectivity index (χ3n) is 3.83. The summed E-state index contributed by atoms with van der Waals surface area (Å²) in [4.78, 5) is 17.9. The number of nitrogens with one attached hydrogen (secondary N) is 2. The summed E-state index contributed by atoms with van der Waals surface area (Å²) in [6.45, 7) is 4.83. The zero-order valence-electron chi connectivity index (χ0n) is 11.0. The van der Waals surface area contributed by atoms with Crippen molar-refractivity contribution in [1.29, 1.82) is 0 Å². The van der Waals surface area contributed by atoms with Gasteiger partial charge in [-0.25, -0.2) is 4.98 Å². The summed E-state index contributed by atoms with van der Waals surface area (Å²) >= 11 is 0. The van der Waals surface area contributed by atoms with Crippen molar-refractivity contribution in [3.8, 4) is 0 Å². The maximum absolute atomic E-state index is 11.4. The number of aromatic nitrogens is 2. The Bertz CT molecular complexity index is 457. The van der Waals surface area contributed by atoms with E-state index in [2.05, 4.69) is 29.1 Å². The molecule has 100 valence electrons. The van der Waals surface area contributed by atoms with Crippen LogP contribution in [0.5, 0.6) is 0 Å². The molecule has 0 saturated heterocycles. The molecular formula is C13H21N3O2. The molecule has 1 aromatic heterocycles. The smallest absolute Gasteiger partial charge is 0.290 e. The molecule has 3 N–H and O–H groups in total. The summed E-state index contributed by atoms with van der Waals surface area (Å²) in [5, 5.41) is 13.4. The largest absolute Gasteiger partial charge is 0.388 e. The molecule has 1 aromatic rings. The van der Waals surface area contributed by atoms with Crippen molar-refractivity contribution in [3.63, 3.8) is 0 Å². The first kappa shape index (κ1) is 13.1. The van der Waals surface area contributed by atoms with Crippen molar-refractivity contribution in [2.24, 2.45) is 5.41 Å². The molecule has 1 aliphatic rings. The standard InChI is InChI=1S/C13H21N3O2/c1-12(2)3-5-13(18,6-4-12)9-16-10-11(17)15-8-7-14-10/h7-8,18H,3-6,9H2,1-2H3,(H,14,16)(H,15,17). The van der Waals surface area contributed by atoms with Crippen LogP contribution in [0.25, 0.3) is 0 Å². The Morgan fingerprint density at radius 2 is 2.06 bits per heavy atom. The van der Waals surface area contributed by atoms with E-state index >= 15 is 0 Å². The fourth-order valence-electron chi connectivity index (χ4n) is 2.29. The van der Waals surface area contributed by atoms with Crippen molar-refractivity contribution >= 4 is 5.82 Å². The molecule has 1 saturated carbocycles. The minimum atomic E-state index is -0.723. The fourth-order valence-corrected chi connectivity index (χ4v) is 2.29. The number of hydrogen-bond acceptors (Lipinski definition) is 4. The van der Waals surface area contributed by atoms with Crippen LogP contribution >= 0.6 is 0 Å². The number of H-pyrrole nitrogens is 1. The first-order valence-corrected chi connectivity index (χ1v) is 6.40. The zero-order valence-corrected chi connectivity index (χ0v) is 11.0. The second kappa shape index (κ2) is 4.72. The van der Waals surface area contributed by atoms with Crippen molar-refractivity contribution in [2.45, 2.75) is 45.1 Å². The lowest BCUT2D eigenvalue weighted by molar-refractivity contribution is -0.0146. The molecule has 0 aromatic carbocycles. The van der Waals surface area contributed by atoms with E-state index in [4.69, 9.17) is 0 Å². The van der Waals surface area contributed by atoms with Gasteiger partial charge in [-0.05, 0) is 31.1 Å². The van der Waals surface area contributed by atoms with Crippen LogP contribution in [0, 0.1) is 5.41 Å². The number of nitrogens with zero attached hydrogens (tertiary/aromatic N) is 1. The molecule has 5 heteroatoms. The third kappa shape index (κ3) is 3.10. The molecule has 0 aliphatic heterocycles. The lowest BCUT2D eigenvalue weighted by Gasteiger charge is -2.40. The molecule has 1 heterocycles. The van der Waals surface area contributed by atoms with Crippen molar-refractivity contribution < 1.29 is 5.11 Å². The maximum Gasteiger partial charge on any atom is 0.290 e. The van der Waals surface area contributed by atoms with Crippen molar-refractivity contribution in [2.75, 3.05) is 11.9 Å². The summed E-state index contributed by atoms with van der Waals surface area (Å²) < 4.78 is 0. The molecule has 5 nitrogen and oxygen atoms in total. The first-order chi connectivity index (χ1) is 8.40. The van der Waals surface area contributed by atoms with E-state index in [0.717, 1.165) is 25.7 Å². The fraction of sp³-hybridized carbons (Fsp3) is 0.692. The molecule has 18 heavy (non-hydrogen) atoms. The number of hydrogen-bond donors (Lipinski definition) is 3. The summed E-state index contributed by atoms with van der Waals surface area (Å²) in [5.74, 6) is 0.274. The van der Waals surface area contributed by atoms with E-state index in [-0.39, 0.29) is 11.4 Å². The number of aliphatic hydroxyl groups is 1. The normalized spacial score (nSPS) is 21.5. The lowest BCUT2D eigenvalue weighted by atomic mass is 9.71. The van der Waals surface area contributed by atoms with Crippen LogP contribution in [-0.4, -0.2) is 27.2 Å². The molecule has 0 radical (unpaired) electrons. The van der Waals surface area contributed by atoms with Crippen LogP contribution in [0.15, 0.2) is 17.2 Å². The van der Waals surface area contributed by atoms with Crippen LogP contribution in [0.2, 0.25) is 0 Å². The Morgan fingerprint density at radius 1 is 1.39 bits per heavy atom. The third-order valence-corrected chi connectivity index (χ3v) is 3.83. The van der Waals surface area contributed by atoms with Gasteiger partial charge >= 0.3 is 0 Å². The van der Waals surface area contributed by atoms with Crippen LogP contribution < -0.4 is 10.9 Å². The summed E-state index contributed by atoms with van der Waals surface area (Å²) in [6, 6.07) is 0. The molecule has 0 unspecified atom stereocenters. The van der Waals surface area contributed by atoms with E-state index < -0.39 is 5.60 Å². The highest BCUT2D eigenvalue weighted by Gasteiger charge is 2.36. The Morgan fingerprint density at radius 3 is 2.67 bits per heavy atom. The molecule has 0 amide bonds. The van der Waals surface area contributed by atoms with E-state index in [1.165, 1.54) is 12.4 Å². The monoisotopic (exact) mass is 251 g/mol. The SMILES string of the molecule is CC1(C)CCC(O)(CNc2ncc[nH]c2=O)CC1. The number of aromatic amines is 1. The van der Waals surface area contributed by atoms with Gasteiger partial charge in [-0.1, -0.05) is 13.8 Å². The van der Waals surface area contributed by atoms with Gasteiger partial charge in [0.2, 0.25) is 0 Å². The molecular weight excluding hydrogens is 230 g/mol. The molecule has 0 spiro atoms. The van der Waals surface area contributed by atoms with Gasteiger partial charge in [-0.2, -0.15) is 0 Å². The molecule has 2 rings (SSSR count).